The van der Waals surface area contributed by atoms with Gasteiger partial charge in [-0.05, 0) is 49.2 Å². The zero-order chi connectivity index (χ0) is 16.9. The van der Waals surface area contributed by atoms with Crippen LogP contribution >= 0.6 is 11.8 Å². The number of amides is 1. The Hall–Kier alpha value is -2.60. The Morgan fingerprint density at radius 3 is 2.88 bits per heavy atom. The summed E-state index contributed by atoms with van der Waals surface area (Å²) in [5, 5.41) is 3.47. The molecule has 2 heterocycles. The van der Waals surface area contributed by atoms with E-state index in [0.29, 0.717) is 16.6 Å². The van der Waals surface area contributed by atoms with Gasteiger partial charge in [0.1, 0.15) is 5.69 Å². The topological polar surface area (TPSA) is 68.0 Å². The Bertz CT molecular complexity index is 847. The van der Waals surface area contributed by atoms with E-state index < -0.39 is 0 Å². The Labute approximate surface area is 144 Å². The minimum Gasteiger partial charge on any atom is -0.463 e. The van der Waals surface area contributed by atoms with Crippen LogP contribution in [0.4, 0.5) is 5.69 Å². The predicted molar refractivity (Wildman–Crippen MR) is 95.0 cm³/mol. The van der Waals surface area contributed by atoms with Crippen LogP contribution in [0.2, 0.25) is 0 Å². The average Bonchev–Trinajstić information content (AvgIpc) is 3.12. The minimum atomic E-state index is -0.0827. The number of hydrogen-bond donors (Lipinski definition) is 1. The second-order valence-corrected chi connectivity index (χ2v) is 6.23. The number of hydrogen-bond acceptors (Lipinski definition) is 5. The fourth-order valence-electron chi connectivity index (χ4n) is 2.17. The lowest BCUT2D eigenvalue weighted by molar-refractivity contribution is -0.113. The summed E-state index contributed by atoms with van der Waals surface area (Å²) >= 11 is 1.29. The third-order valence-corrected chi connectivity index (χ3v) is 4.48. The number of aromatic nitrogens is 2. The van der Waals surface area contributed by atoms with E-state index in [1.807, 2.05) is 44.2 Å². The normalized spacial score (nSPS) is 10.6. The number of nitrogens with one attached hydrogen (secondary N) is 1. The first kappa shape index (κ1) is 16.3. The number of nitrogens with zero attached hydrogens (tertiary/aromatic N) is 2. The van der Waals surface area contributed by atoms with Crippen LogP contribution in [0.3, 0.4) is 0 Å². The highest BCUT2D eigenvalue weighted by atomic mass is 32.2. The van der Waals surface area contributed by atoms with E-state index >= 15 is 0 Å². The second-order valence-electron chi connectivity index (χ2n) is 5.29. The van der Waals surface area contributed by atoms with Gasteiger partial charge in [0.15, 0.2) is 10.9 Å². The van der Waals surface area contributed by atoms with Crippen molar-refractivity contribution >= 4 is 23.4 Å². The molecule has 0 aliphatic rings. The molecule has 5 nitrogen and oxygen atoms in total. The smallest absolute Gasteiger partial charge is 0.234 e. The zero-order valence-electron chi connectivity index (χ0n) is 13.4. The number of carbonyl (C=O) groups excluding carboxylic acids is 1. The van der Waals surface area contributed by atoms with Crippen molar-refractivity contribution in [1.82, 2.24) is 9.97 Å². The van der Waals surface area contributed by atoms with Gasteiger partial charge in [0.25, 0.3) is 0 Å². The van der Waals surface area contributed by atoms with Crippen molar-refractivity contribution < 1.29 is 9.21 Å². The summed E-state index contributed by atoms with van der Waals surface area (Å²) < 4.78 is 5.32. The molecule has 122 valence electrons. The summed E-state index contributed by atoms with van der Waals surface area (Å²) in [6, 6.07) is 11.3. The molecule has 0 atom stereocenters. The SMILES string of the molecule is Cc1cccc(NC(=O)CSc2nccc(-c3ccco3)n2)c1C. The van der Waals surface area contributed by atoms with Crippen molar-refractivity contribution in [3.05, 3.63) is 60.0 Å². The second kappa shape index (κ2) is 7.31. The molecule has 0 saturated carbocycles. The molecule has 24 heavy (non-hydrogen) atoms. The fourth-order valence-corrected chi connectivity index (χ4v) is 2.81. The molecule has 0 spiro atoms. The molecule has 3 aromatic rings. The Kier molecular flexibility index (Phi) is 4.96. The molecule has 2 aromatic heterocycles. The molecule has 0 saturated heterocycles. The zero-order valence-corrected chi connectivity index (χ0v) is 14.3. The van der Waals surface area contributed by atoms with Gasteiger partial charge in [0.2, 0.25) is 5.91 Å². The lowest BCUT2D eigenvalue weighted by Crippen LogP contribution is -2.15. The fraction of sp³-hybridized carbons (Fsp3) is 0.167. The van der Waals surface area contributed by atoms with E-state index in [1.165, 1.54) is 11.8 Å². The van der Waals surface area contributed by atoms with Crippen LogP contribution in [0.1, 0.15) is 11.1 Å². The lowest BCUT2D eigenvalue weighted by Gasteiger charge is -2.10. The Morgan fingerprint density at radius 1 is 1.21 bits per heavy atom. The summed E-state index contributed by atoms with van der Waals surface area (Å²) in [6.45, 7) is 4.02. The Morgan fingerprint density at radius 2 is 2.08 bits per heavy atom. The van der Waals surface area contributed by atoms with Gasteiger partial charge >= 0.3 is 0 Å². The Balaban J connectivity index is 1.62. The summed E-state index contributed by atoms with van der Waals surface area (Å²) in [7, 11) is 0. The highest BCUT2D eigenvalue weighted by Crippen LogP contribution is 2.21. The maximum Gasteiger partial charge on any atom is 0.234 e. The van der Waals surface area contributed by atoms with Gasteiger partial charge in [-0.3, -0.25) is 4.79 Å². The van der Waals surface area contributed by atoms with Gasteiger partial charge in [-0.2, -0.15) is 0 Å². The number of furan rings is 1. The molecular weight excluding hydrogens is 322 g/mol. The third-order valence-electron chi connectivity index (χ3n) is 3.62. The molecule has 0 bridgehead atoms. The molecule has 6 heteroatoms. The first-order valence-electron chi connectivity index (χ1n) is 7.49. The summed E-state index contributed by atoms with van der Waals surface area (Å²) in [6.07, 6.45) is 3.26. The number of anilines is 1. The molecule has 0 aliphatic heterocycles. The summed E-state index contributed by atoms with van der Waals surface area (Å²) in [4.78, 5) is 20.8. The molecule has 1 N–H and O–H groups in total. The molecule has 0 aliphatic carbocycles. The van der Waals surface area contributed by atoms with Gasteiger partial charge in [-0.15, -0.1) is 0 Å². The van der Waals surface area contributed by atoms with Crippen LogP contribution in [0.15, 0.2) is 58.4 Å². The largest absolute Gasteiger partial charge is 0.463 e. The molecule has 3 rings (SSSR count). The van der Waals surface area contributed by atoms with Gasteiger partial charge in [-0.25, -0.2) is 9.97 Å². The van der Waals surface area contributed by atoms with Crippen molar-refractivity contribution in [3.63, 3.8) is 0 Å². The van der Waals surface area contributed by atoms with Crippen molar-refractivity contribution in [2.24, 2.45) is 0 Å². The van der Waals surface area contributed by atoms with Crippen LogP contribution in [-0.2, 0) is 4.79 Å². The summed E-state index contributed by atoms with van der Waals surface area (Å²) in [5.74, 6) is 0.842. The molecular formula is C18H17N3O2S. The monoisotopic (exact) mass is 339 g/mol. The van der Waals surface area contributed by atoms with Crippen LogP contribution in [0.5, 0.6) is 0 Å². The van der Waals surface area contributed by atoms with Crippen LogP contribution in [0, 0.1) is 13.8 Å². The van der Waals surface area contributed by atoms with Gasteiger partial charge in [0, 0.05) is 11.9 Å². The quantitative estimate of drug-likeness (QED) is 0.560. The first-order valence-corrected chi connectivity index (χ1v) is 8.48. The van der Waals surface area contributed by atoms with Crippen molar-refractivity contribution in [1.29, 1.82) is 0 Å². The number of thioether (sulfide) groups is 1. The van der Waals surface area contributed by atoms with E-state index in [1.54, 1.807) is 18.5 Å². The van der Waals surface area contributed by atoms with Gasteiger partial charge in [-0.1, -0.05) is 23.9 Å². The highest BCUT2D eigenvalue weighted by Gasteiger charge is 2.09. The number of carbonyl (C=O) groups is 1. The standard InChI is InChI=1S/C18H17N3O2S/c1-12-5-3-6-14(13(12)2)20-17(22)11-24-18-19-9-8-15(21-18)16-7-4-10-23-16/h3-10H,11H2,1-2H3,(H,20,22). The highest BCUT2D eigenvalue weighted by molar-refractivity contribution is 7.99. The van der Waals surface area contributed by atoms with E-state index in [4.69, 9.17) is 4.42 Å². The van der Waals surface area contributed by atoms with Crippen molar-refractivity contribution in [3.8, 4) is 11.5 Å². The van der Waals surface area contributed by atoms with Crippen molar-refractivity contribution in [2.45, 2.75) is 19.0 Å². The summed E-state index contributed by atoms with van der Waals surface area (Å²) in [5.41, 5.74) is 3.76. The van der Waals surface area contributed by atoms with E-state index in [9.17, 15) is 4.79 Å². The molecule has 0 unspecified atom stereocenters. The van der Waals surface area contributed by atoms with Gasteiger partial charge in [0.05, 0.1) is 12.0 Å². The molecule has 0 radical (unpaired) electrons. The van der Waals surface area contributed by atoms with Crippen LogP contribution in [0.25, 0.3) is 11.5 Å². The number of rotatable bonds is 5. The first-order chi connectivity index (χ1) is 11.6. The lowest BCUT2D eigenvalue weighted by atomic mass is 10.1. The van der Waals surface area contributed by atoms with Gasteiger partial charge < -0.3 is 9.73 Å². The molecule has 0 fully saturated rings. The molecule has 1 aromatic carbocycles. The number of aryl methyl sites for hydroxylation is 1. The van der Waals surface area contributed by atoms with Crippen LogP contribution < -0.4 is 5.32 Å². The number of benzene rings is 1. The molecule has 1 amide bonds. The average molecular weight is 339 g/mol. The third kappa shape index (κ3) is 3.83. The predicted octanol–water partition coefficient (Wildman–Crippen LogP) is 4.08. The minimum absolute atomic E-state index is 0.0827. The maximum atomic E-state index is 12.2. The van der Waals surface area contributed by atoms with Crippen molar-refractivity contribution in [2.75, 3.05) is 11.1 Å². The van der Waals surface area contributed by atoms with E-state index in [0.717, 1.165) is 16.8 Å². The van der Waals surface area contributed by atoms with Crippen LogP contribution in [-0.4, -0.2) is 21.6 Å². The maximum absolute atomic E-state index is 12.2. The van der Waals surface area contributed by atoms with E-state index in [2.05, 4.69) is 15.3 Å². The van der Waals surface area contributed by atoms with E-state index in [-0.39, 0.29) is 11.7 Å².